The maximum Gasteiger partial charge on any atom is 0.137 e. The van der Waals surface area contributed by atoms with Gasteiger partial charge in [-0.3, -0.25) is 0 Å². The summed E-state index contributed by atoms with van der Waals surface area (Å²) < 4.78 is 5.19. The largest absolute Gasteiger partial charge is 0.245 e. The van der Waals surface area contributed by atoms with Crippen LogP contribution in [0.25, 0.3) is 0 Å². The van der Waals surface area contributed by atoms with Gasteiger partial charge >= 0.3 is 0 Å². The Morgan fingerprint density at radius 2 is 1.00 bits per heavy atom. The molecule has 98 valence electrons. The van der Waals surface area contributed by atoms with Crippen LogP contribution in [0.4, 0.5) is 0 Å². The predicted octanol–water partition coefficient (Wildman–Crippen LogP) is -0.964. The molecule has 0 radical (unpaired) electrons. The minimum Gasteiger partial charge on any atom is -0.245 e. The molecule has 0 saturated carbocycles. The van der Waals surface area contributed by atoms with Crippen LogP contribution < -0.4 is 0 Å². The highest BCUT2D eigenvalue weighted by atomic mass is 15.5. The Morgan fingerprint density at radius 3 is 1.26 bits per heavy atom. The molecule has 10 nitrogen and oxygen atoms in total. The molecular formula is C9H12N10. The van der Waals surface area contributed by atoms with E-state index >= 15 is 0 Å². The van der Waals surface area contributed by atoms with Gasteiger partial charge in [0.05, 0.1) is 20.0 Å². The SMILES string of the molecule is c1ncn(CN(Cn2cncn2)Cn2cncn2)n1. The van der Waals surface area contributed by atoms with Gasteiger partial charge in [0, 0.05) is 0 Å². The molecule has 0 aromatic carbocycles. The molecule has 3 aromatic rings. The topological polar surface area (TPSA) is 95.4 Å². The molecule has 0 spiro atoms. The Balaban J connectivity index is 1.70. The van der Waals surface area contributed by atoms with Crippen molar-refractivity contribution in [3.05, 3.63) is 38.0 Å². The normalized spacial score (nSPS) is 11.2. The molecule has 0 bridgehead atoms. The standard InChI is InChI=1S/C9H12N10/c1-10-4-17(13-1)7-16(8-18-5-11-2-14-18)9-19-6-12-3-15-19/h1-6H,7-9H2. The van der Waals surface area contributed by atoms with Crippen LogP contribution in [0, 0.1) is 0 Å². The van der Waals surface area contributed by atoms with Crippen LogP contribution in [0.1, 0.15) is 0 Å². The second kappa shape index (κ2) is 5.35. The van der Waals surface area contributed by atoms with E-state index in [1.54, 1.807) is 33.0 Å². The van der Waals surface area contributed by atoms with Crippen molar-refractivity contribution in [1.82, 2.24) is 49.2 Å². The lowest BCUT2D eigenvalue weighted by molar-refractivity contribution is 0.106. The monoisotopic (exact) mass is 260 g/mol. The zero-order valence-corrected chi connectivity index (χ0v) is 10.1. The summed E-state index contributed by atoms with van der Waals surface area (Å²) in [5.74, 6) is 0. The summed E-state index contributed by atoms with van der Waals surface area (Å²) in [4.78, 5) is 13.8. The first-order valence-electron chi connectivity index (χ1n) is 5.60. The minimum absolute atomic E-state index is 0.569. The van der Waals surface area contributed by atoms with Crippen molar-refractivity contribution in [1.29, 1.82) is 0 Å². The molecule has 0 N–H and O–H groups in total. The molecule has 3 rings (SSSR count). The van der Waals surface area contributed by atoms with Crippen LogP contribution in [-0.4, -0.2) is 49.2 Å². The molecule has 3 heterocycles. The van der Waals surface area contributed by atoms with Gasteiger partial charge in [-0.25, -0.2) is 33.9 Å². The molecular weight excluding hydrogens is 248 g/mol. The summed E-state index contributed by atoms with van der Waals surface area (Å²) >= 11 is 0. The average Bonchev–Trinajstić information content (AvgIpc) is 3.10. The van der Waals surface area contributed by atoms with Crippen LogP contribution in [-0.2, 0) is 20.0 Å². The number of aromatic nitrogens is 9. The number of rotatable bonds is 6. The Kier molecular flexibility index (Phi) is 3.23. The molecule has 0 aliphatic heterocycles. The van der Waals surface area contributed by atoms with Crippen molar-refractivity contribution in [2.45, 2.75) is 20.0 Å². The van der Waals surface area contributed by atoms with Crippen molar-refractivity contribution in [3.8, 4) is 0 Å². The Morgan fingerprint density at radius 1 is 0.632 bits per heavy atom. The Hall–Kier alpha value is -2.62. The lowest BCUT2D eigenvalue weighted by Gasteiger charge is -2.21. The second-order valence-electron chi connectivity index (χ2n) is 3.90. The van der Waals surface area contributed by atoms with Crippen molar-refractivity contribution in [2.24, 2.45) is 0 Å². The fourth-order valence-corrected chi connectivity index (χ4v) is 1.67. The quantitative estimate of drug-likeness (QED) is 0.563. The summed E-state index contributed by atoms with van der Waals surface area (Å²) in [6, 6.07) is 0. The lowest BCUT2D eigenvalue weighted by atomic mass is 10.7. The maximum absolute atomic E-state index is 4.09. The third-order valence-electron chi connectivity index (χ3n) is 2.43. The smallest absolute Gasteiger partial charge is 0.137 e. The summed E-state index contributed by atoms with van der Waals surface area (Å²) in [5.41, 5.74) is 0. The zero-order valence-electron chi connectivity index (χ0n) is 10.1. The van der Waals surface area contributed by atoms with E-state index in [9.17, 15) is 0 Å². The zero-order chi connectivity index (χ0) is 12.9. The first kappa shape index (κ1) is 11.5. The molecule has 0 fully saturated rings. The summed E-state index contributed by atoms with van der Waals surface area (Å²) in [6.07, 6.45) is 9.50. The third kappa shape index (κ3) is 2.98. The highest BCUT2D eigenvalue weighted by Crippen LogP contribution is 1.98. The van der Waals surface area contributed by atoms with E-state index in [1.807, 2.05) is 0 Å². The highest BCUT2D eigenvalue weighted by molar-refractivity contribution is 4.61. The van der Waals surface area contributed by atoms with Gasteiger partial charge in [0.15, 0.2) is 0 Å². The van der Waals surface area contributed by atoms with Gasteiger partial charge in [0.2, 0.25) is 0 Å². The average molecular weight is 260 g/mol. The van der Waals surface area contributed by atoms with E-state index < -0.39 is 0 Å². The summed E-state index contributed by atoms with van der Waals surface area (Å²) in [6.45, 7) is 1.71. The van der Waals surface area contributed by atoms with E-state index in [1.165, 1.54) is 19.0 Å². The van der Waals surface area contributed by atoms with Gasteiger partial charge in [0.1, 0.15) is 38.0 Å². The number of nitrogens with zero attached hydrogens (tertiary/aromatic N) is 10. The fourth-order valence-electron chi connectivity index (χ4n) is 1.67. The van der Waals surface area contributed by atoms with Crippen LogP contribution >= 0.6 is 0 Å². The van der Waals surface area contributed by atoms with Crippen molar-refractivity contribution >= 4 is 0 Å². The van der Waals surface area contributed by atoms with Gasteiger partial charge in [-0.2, -0.15) is 15.3 Å². The van der Waals surface area contributed by atoms with Crippen molar-refractivity contribution < 1.29 is 0 Å². The van der Waals surface area contributed by atoms with Gasteiger partial charge in [-0.1, -0.05) is 0 Å². The van der Waals surface area contributed by atoms with Gasteiger partial charge in [0.25, 0.3) is 0 Å². The molecule has 0 aliphatic rings. The van der Waals surface area contributed by atoms with Gasteiger partial charge < -0.3 is 0 Å². The highest BCUT2D eigenvalue weighted by Gasteiger charge is 2.08. The molecule has 0 aliphatic carbocycles. The van der Waals surface area contributed by atoms with Crippen molar-refractivity contribution in [2.75, 3.05) is 0 Å². The first-order valence-corrected chi connectivity index (χ1v) is 5.60. The maximum atomic E-state index is 4.09. The Labute approximate surface area is 108 Å². The van der Waals surface area contributed by atoms with E-state index in [0.717, 1.165) is 0 Å². The molecule has 0 unspecified atom stereocenters. The number of hydrogen-bond acceptors (Lipinski definition) is 7. The lowest BCUT2D eigenvalue weighted by Crippen LogP contribution is -2.31. The summed E-state index contributed by atoms with van der Waals surface area (Å²) in [7, 11) is 0. The molecule has 0 atom stereocenters. The fraction of sp³-hybridized carbons (Fsp3) is 0.333. The molecule has 3 aromatic heterocycles. The molecule has 0 saturated heterocycles. The predicted molar refractivity (Wildman–Crippen MR) is 61.9 cm³/mol. The summed E-state index contributed by atoms with van der Waals surface area (Å²) in [5, 5.41) is 12.3. The minimum atomic E-state index is 0.569. The van der Waals surface area contributed by atoms with E-state index in [4.69, 9.17) is 0 Å². The van der Waals surface area contributed by atoms with Crippen LogP contribution in [0.3, 0.4) is 0 Å². The van der Waals surface area contributed by atoms with Crippen molar-refractivity contribution in [3.63, 3.8) is 0 Å². The van der Waals surface area contributed by atoms with Crippen LogP contribution in [0.2, 0.25) is 0 Å². The first-order chi connectivity index (χ1) is 9.40. The third-order valence-corrected chi connectivity index (χ3v) is 2.43. The van der Waals surface area contributed by atoms with E-state index in [2.05, 4.69) is 35.1 Å². The van der Waals surface area contributed by atoms with Crippen LogP contribution in [0.5, 0.6) is 0 Å². The molecule has 19 heavy (non-hydrogen) atoms. The Bertz CT molecular complexity index is 482. The van der Waals surface area contributed by atoms with E-state index in [0.29, 0.717) is 20.0 Å². The number of hydrogen-bond donors (Lipinski definition) is 0. The van der Waals surface area contributed by atoms with Gasteiger partial charge in [-0.05, 0) is 0 Å². The van der Waals surface area contributed by atoms with Gasteiger partial charge in [-0.15, -0.1) is 0 Å². The second-order valence-corrected chi connectivity index (χ2v) is 3.90. The van der Waals surface area contributed by atoms with Crippen LogP contribution in [0.15, 0.2) is 38.0 Å². The molecule has 10 heteroatoms. The molecule has 0 amide bonds. The van der Waals surface area contributed by atoms with E-state index in [-0.39, 0.29) is 0 Å².